The Morgan fingerprint density at radius 2 is 1.53 bits per heavy atom. The number of para-hydroxylation sites is 1. The van der Waals surface area contributed by atoms with Crippen LogP contribution in [-0.4, -0.2) is 24.3 Å². The molecule has 5 heterocycles. The number of aromatic amines is 1. The predicted molar refractivity (Wildman–Crippen MR) is 148 cm³/mol. The summed E-state index contributed by atoms with van der Waals surface area (Å²) >= 11 is 0. The Balaban J connectivity index is 1.49. The maximum absolute atomic E-state index is 5.01. The number of hydrogen-bond donors (Lipinski definition) is 1. The van der Waals surface area contributed by atoms with E-state index in [1.807, 2.05) is 24.5 Å². The van der Waals surface area contributed by atoms with Gasteiger partial charge in [0, 0.05) is 45.0 Å². The van der Waals surface area contributed by atoms with Gasteiger partial charge in [0.1, 0.15) is 5.65 Å². The number of imidazole rings is 1. The summed E-state index contributed by atoms with van der Waals surface area (Å²) < 4.78 is 2.19. The van der Waals surface area contributed by atoms with Crippen LogP contribution in [0.5, 0.6) is 0 Å². The predicted octanol–water partition coefficient (Wildman–Crippen LogP) is 7.50. The molecule has 5 nitrogen and oxygen atoms in total. The molecular formula is C31H21N5. The lowest BCUT2D eigenvalue weighted by atomic mass is 9.92. The average Bonchev–Trinajstić information content (AvgIpc) is 3.47. The summed E-state index contributed by atoms with van der Waals surface area (Å²) in [4.78, 5) is 17.8. The molecule has 8 rings (SSSR count). The van der Waals surface area contributed by atoms with E-state index in [0.29, 0.717) is 0 Å². The monoisotopic (exact) mass is 463 g/mol. The van der Waals surface area contributed by atoms with Crippen molar-refractivity contribution < 1.29 is 0 Å². The smallest absolute Gasteiger partial charge is 0.146 e. The molecule has 0 aliphatic rings. The first kappa shape index (κ1) is 19.5. The van der Waals surface area contributed by atoms with E-state index < -0.39 is 0 Å². The number of nitrogens with one attached hydrogen (secondary N) is 1. The van der Waals surface area contributed by atoms with E-state index >= 15 is 0 Å². The molecule has 0 amide bonds. The van der Waals surface area contributed by atoms with Gasteiger partial charge in [-0.3, -0.25) is 14.4 Å². The quantitative estimate of drug-likeness (QED) is 0.256. The van der Waals surface area contributed by atoms with Crippen LogP contribution >= 0.6 is 0 Å². The number of nitrogens with zero attached hydrogens (tertiary/aromatic N) is 4. The first-order valence-electron chi connectivity index (χ1n) is 12.1. The van der Waals surface area contributed by atoms with Gasteiger partial charge in [0.05, 0.1) is 28.3 Å². The normalized spacial score (nSPS) is 12.2. The fourth-order valence-electron chi connectivity index (χ4n) is 5.81. The minimum Gasteiger partial charge on any atom is -0.354 e. The summed E-state index contributed by atoms with van der Waals surface area (Å²) in [5.74, 6) is 0. The van der Waals surface area contributed by atoms with Crippen LogP contribution in [0.25, 0.3) is 71.4 Å². The topological polar surface area (TPSA) is 58.9 Å². The molecule has 0 fully saturated rings. The third kappa shape index (κ3) is 2.52. The molecule has 36 heavy (non-hydrogen) atoms. The van der Waals surface area contributed by atoms with Crippen molar-refractivity contribution in [3.8, 4) is 11.1 Å². The van der Waals surface area contributed by atoms with Crippen LogP contribution in [0.4, 0.5) is 0 Å². The van der Waals surface area contributed by atoms with E-state index in [-0.39, 0.29) is 0 Å². The second-order valence-corrected chi connectivity index (χ2v) is 9.60. The molecule has 0 unspecified atom stereocenters. The number of pyridine rings is 3. The van der Waals surface area contributed by atoms with Crippen molar-refractivity contribution in [3.05, 3.63) is 96.4 Å². The first-order chi connectivity index (χ1) is 17.7. The fraction of sp³-hybridized carbons (Fsp3) is 0.0645. The Bertz CT molecular complexity index is 2180. The summed E-state index contributed by atoms with van der Waals surface area (Å²) in [6, 6.07) is 23.7. The number of fused-ring (bicyclic) bond motifs is 11. The lowest BCUT2D eigenvalue weighted by molar-refractivity contribution is 1.27. The number of aryl methyl sites for hydroxylation is 2. The van der Waals surface area contributed by atoms with Gasteiger partial charge < -0.3 is 4.98 Å². The van der Waals surface area contributed by atoms with Crippen molar-refractivity contribution in [2.24, 2.45) is 0 Å². The van der Waals surface area contributed by atoms with Gasteiger partial charge >= 0.3 is 0 Å². The molecule has 1 N–H and O–H groups in total. The SMILES string of the molecule is Cc1cc2c(cc1-c1cc3c(cc1C)c1nc4ccncc4n1c1cccnc31)[nH]c1ccccc12. The summed E-state index contributed by atoms with van der Waals surface area (Å²) in [5, 5.41) is 4.73. The van der Waals surface area contributed by atoms with Gasteiger partial charge in [-0.1, -0.05) is 18.2 Å². The van der Waals surface area contributed by atoms with Gasteiger partial charge in [-0.25, -0.2) is 4.98 Å². The highest BCUT2D eigenvalue weighted by Crippen LogP contribution is 2.38. The van der Waals surface area contributed by atoms with Crippen LogP contribution < -0.4 is 0 Å². The molecule has 5 heteroatoms. The van der Waals surface area contributed by atoms with E-state index in [1.165, 1.54) is 33.0 Å². The second kappa shape index (κ2) is 6.89. The summed E-state index contributed by atoms with van der Waals surface area (Å²) in [7, 11) is 0. The molecule has 0 radical (unpaired) electrons. The highest BCUT2D eigenvalue weighted by molar-refractivity contribution is 6.14. The van der Waals surface area contributed by atoms with Crippen LogP contribution in [0.15, 0.2) is 85.3 Å². The van der Waals surface area contributed by atoms with Crippen LogP contribution in [-0.2, 0) is 0 Å². The van der Waals surface area contributed by atoms with Gasteiger partial charge in [-0.05, 0) is 84.6 Å². The third-order valence-electron chi connectivity index (χ3n) is 7.49. The van der Waals surface area contributed by atoms with Crippen molar-refractivity contribution in [2.75, 3.05) is 0 Å². The molecule has 170 valence electrons. The highest BCUT2D eigenvalue weighted by Gasteiger charge is 2.18. The minimum absolute atomic E-state index is 0.935. The molecule has 3 aromatic carbocycles. The minimum atomic E-state index is 0.935. The van der Waals surface area contributed by atoms with E-state index in [2.05, 4.69) is 82.8 Å². The van der Waals surface area contributed by atoms with Crippen LogP contribution in [0.1, 0.15) is 11.1 Å². The molecule has 0 bridgehead atoms. The Morgan fingerprint density at radius 3 is 2.44 bits per heavy atom. The van der Waals surface area contributed by atoms with Crippen molar-refractivity contribution >= 4 is 60.3 Å². The molecular weight excluding hydrogens is 442 g/mol. The third-order valence-corrected chi connectivity index (χ3v) is 7.49. The molecule has 0 saturated carbocycles. The molecule has 0 aliphatic carbocycles. The lowest BCUT2D eigenvalue weighted by Crippen LogP contribution is -1.95. The van der Waals surface area contributed by atoms with Crippen molar-refractivity contribution in [2.45, 2.75) is 13.8 Å². The standard InChI is InChI=1S/C31H21N5/c1-17-12-22-19-6-3-4-7-25(19)34-27(22)15-21(17)20-14-23-24(13-18(20)2)31-35-26-9-11-32-16-29(26)36(31)28-8-5-10-33-30(23)28/h3-16,34H,1-2H3. The molecule has 8 aromatic rings. The van der Waals surface area contributed by atoms with E-state index in [0.717, 1.165) is 49.5 Å². The Morgan fingerprint density at radius 1 is 0.694 bits per heavy atom. The van der Waals surface area contributed by atoms with Crippen molar-refractivity contribution in [3.63, 3.8) is 0 Å². The van der Waals surface area contributed by atoms with Crippen LogP contribution in [0, 0.1) is 13.8 Å². The van der Waals surface area contributed by atoms with Gasteiger partial charge in [-0.2, -0.15) is 0 Å². The Labute approximate surface area is 206 Å². The van der Waals surface area contributed by atoms with Crippen molar-refractivity contribution in [1.29, 1.82) is 0 Å². The first-order valence-corrected chi connectivity index (χ1v) is 12.1. The number of benzene rings is 3. The summed E-state index contributed by atoms with van der Waals surface area (Å²) in [6.45, 7) is 4.39. The van der Waals surface area contributed by atoms with Gasteiger partial charge in [0.2, 0.25) is 0 Å². The van der Waals surface area contributed by atoms with Crippen LogP contribution in [0.2, 0.25) is 0 Å². The Hall–Kier alpha value is -4.77. The van der Waals surface area contributed by atoms with Gasteiger partial charge in [0.15, 0.2) is 0 Å². The van der Waals surface area contributed by atoms with Crippen LogP contribution in [0.3, 0.4) is 0 Å². The molecule has 0 spiro atoms. The average molecular weight is 464 g/mol. The summed E-state index contributed by atoms with van der Waals surface area (Å²) in [6.07, 6.45) is 5.55. The van der Waals surface area contributed by atoms with E-state index in [1.54, 1.807) is 6.20 Å². The number of H-pyrrole nitrogens is 1. The number of hydrogen-bond acceptors (Lipinski definition) is 3. The van der Waals surface area contributed by atoms with Gasteiger partial charge in [0.25, 0.3) is 0 Å². The number of rotatable bonds is 1. The van der Waals surface area contributed by atoms with Gasteiger partial charge in [-0.15, -0.1) is 0 Å². The maximum Gasteiger partial charge on any atom is 0.146 e. The molecule has 0 aliphatic heterocycles. The Kier molecular flexibility index (Phi) is 3.74. The zero-order chi connectivity index (χ0) is 24.0. The van der Waals surface area contributed by atoms with E-state index in [9.17, 15) is 0 Å². The fourth-order valence-corrected chi connectivity index (χ4v) is 5.81. The molecule has 0 atom stereocenters. The number of aromatic nitrogens is 5. The van der Waals surface area contributed by atoms with Crippen molar-refractivity contribution in [1.82, 2.24) is 24.3 Å². The lowest BCUT2D eigenvalue weighted by Gasteiger charge is -2.14. The molecule has 0 saturated heterocycles. The zero-order valence-corrected chi connectivity index (χ0v) is 19.9. The van der Waals surface area contributed by atoms with E-state index in [4.69, 9.17) is 9.97 Å². The zero-order valence-electron chi connectivity index (χ0n) is 19.9. The maximum atomic E-state index is 5.01. The highest BCUT2D eigenvalue weighted by atomic mass is 15.0. The molecule has 5 aromatic heterocycles. The largest absolute Gasteiger partial charge is 0.354 e. The summed E-state index contributed by atoms with van der Waals surface area (Å²) in [5.41, 5.74) is 12.1. The second-order valence-electron chi connectivity index (χ2n) is 9.60.